The first-order chi connectivity index (χ1) is 16.2. The van der Waals surface area contributed by atoms with Gasteiger partial charge in [0.25, 0.3) is 0 Å². The van der Waals surface area contributed by atoms with Crippen LogP contribution in [0.2, 0.25) is 0 Å². The van der Waals surface area contributed by atoms with Crippen molar-refractivity contribution >= 4 is 12.2 Å². The number of ether oxygens (including phenoxy) is 2. The fourth-order valence-corrected chi connectivity index (χ4v) is 4.75. The third-order valence-electron chi connectivity index (χ3n) is 6.47. The zero-order valence-corrected chi connectivity index (χ0v) is 20.2. The van der Waals surface area contributed by atoms with Crippen LogP contribution >= 0.6 is 0 Å². The Morgan fingerprint density at radius 3 is 2.26 bits per heavy atom. The molecule has 2 aromatic carbocycles. The molecule has 1 unspecified atom stereocenters. The number of fused-ring (bicyclic) bond motifs is 3. The fraction of sp³-hybridized carbons (Fsp3) is 0.481. The lowest BCUT2D eigenvalue weighted by atomic mass is 9.95. The molecule has 7 heteroatoms. The second-order valence-corrected chi connectivity index (χ2v) is 10.2. The normalized spacial score (nSPS) is 20.2. The highest BCUT2D eigenvalue weighted by atomic mass is 16.6. The van der Waals surface area contributed by atoms with E-state index in [1.807, 2.05) is 45.0 Å². The van der Waals surface area contributed by atoms with Gasteiger partial charge < -0.3 is 24.8 Å². The van der Waals surface area contributed by atoms with Gasteiger partial charge in [-0.15, -0.1) is 0 Å². The van der Waals surface area contributed by atoms with Gasteiger partial charge in [-0.1, -0.05) is 48.5 Å². The molecule has 7 nitrogen and oxygen atoms in total. The number of nitrogens with one attached hydrogen (secondary N) is 1. The fourth-order valence-electron chi connectivity index (χ4n) is 4.75. The monoisotopic (exact) mass is 466 g/mol. The van der Waals surface area contributed by atoms with Crippen molar-refractivity contribution < 1.29 is 24.2 Å². The predicted octanol–water partition coefficient (Wildman–Crippen LogP) is 4.68. The molecule has 4 rings (SSSR count). The summed E-state index contributed by atoms with van der Waals surface area (Å²) in [6.45, 7) is 6.68. The first kappa shape index (κ1) is 24.1. The maximum Gasteiger partial charge on any atom is 0.410 e. The predicted molar refractivity (Wildman–Crippen MR) is 130 cm³/mol. The lowest BCUT2D eigenvalue weighted by Crippen LogP contribution is -2.44. The van der Waals surface area contributed by atoms with Crippen molar-refractivity contribution in [3.63, 3.8) is 0 Å². The maximum absolute atomic E-state index is 12.5. The summed E-state index contributed by atoms with van der Waals surface area (Å²) < 4.78 is 11.0. The van der Waals surface area contributed by atoms with Gasteiger partial charge in [-0.2, -0.15) is 0 Å². The van der Waals surface area contributed by atoms with Gasteiger partial charge in [0.15, 0.2) is 0 Å². The van der Waals surface area contributed by atoms with Crippen LogP contribution in [0.3, 0.4) is 0 Å². The van der Waals surface area contributed by atoms with Gasteiger partial charge in [0.05, 0.1) is 5.60 Å². The minimum absolute atomic E-state index is 0.0125. The van der Waals surface area contributed by atoms with E-state index in [1.165, 1.54) is 11.1 Å². The summed E-state index contributed by atoms with van der Waals surface area (Å²) in [4.78, 5) is 26.5. The Kier molecular flexibility index (Phi) is 6.84. The molecular formula is C27H34N2O5. The van der Waals surface area contributed by atoms with Gasteiger partial charge in [-0.05, 0) is 62.3 Å². The van der Waals surface area contributed by atoms with Crippen LogP contribution in [-0.2, 0) is 9.47 Å². The highest BCUT2D eigenvalue weighted by Crippen LogP contribution is 2.44. The number of carbonyl (C=O) groups excluding carboxylic acids is 2. The zero-order valence-electron chi connectivity index (χ0n) is 20.2. The topological polar surface area (TPSA) is 88.1 Å². The number of hydrogen-bond donors (Lipinski definition) is 2. The molecule has 1 aliphatic heterocycles. The third-order valence-corrected chi connectivity index (χ3v) is 6.47. The molecular weight excluding hydrogens is 432 g/mol. The van der Waals surface area contributed by atoms with Crippen molar-refractivity contribution in [1.82, 2.24) is 10.2 Å². The lowest BCUT2D eigenvalue weighted by Gasteiger charge is -2.28. The molecule has 0 spiro atoms. The molecule has 182 valence electrons. The molecule has 2 N–H and O–H groups in total. The van der Waals surface area contributed by atoms with Crippen LogP contribution in [0, 0.1) is 0 Å². The number of likely N-dealkylation sites (tertiary alicyclic amines) is 1. The van der Waals surface area contributed by atoms with E-state index < -0.39 is 17.3 Å². The molecule has 0 saturated carbocycles. The number of benzene rings is 2. The summed E-state index contributed by atoms with van der Waals surface area (Å²) in [5, 5.41) is 13.8. The number of aliphatic hydroxyl groups is 1. The second-order valence-electron chi connectivity index (χ2n) is 10.2. The van der Waals surface area contributed by atoms with Crippen molar-refractivity contribution in [2.24, 2.45) is 0 Å². The van der Waals surface area contributed by atoms with Crippen molar-refractivity contribution in [2.75, 3.05) is 26.2 Å². The maximum atomic E-state index is 12.5. The van der Waals surface area contributed by atoms with Gasteiger partial charge in [0.1, 0.15) is 12.2 Å². The van der Waals surface area contributed by atoms with E-state index in [1.54, 1.807) is 4.90 Å². The first-order valence-electron chi connectivity index (χ1n) is 11.9. The van der Waals surface area contributed by atoms with E-state index >= 15 is 0 Å². The third kappa shape index (κ3) is 5.53. The molecule has 1 aliphatic carbocycles. The number of nitrogens with zero attached hydrogens (tertiary/aromatic N) is 1. The largest absolute Gasteiger partial charge is 0.449 e. The summed E-state index contributed by atoms with van der Waals surface area (Å²) in [5.41, 5.74) is 3.00. The van der Waals surface area contributed by atoms with Crippen LogP contribution in [0.25, 0.3) is 11.1 Å². The molecule has 1 saturated heterocycles. The Labute approximate surface area is 201 Å². The van der Waals surface area contributed by atoms with Gasteiger partial charge in [-0.3, -0.25) is 0 Å². The number of rotatable bonds is 4. The van der Waals surface area contributed by atoms with E-state index in [-0.39, 0.29) is 25.2 Å². The zero-order chi connectivity index (χ0) is 24.3. The summed E-state index contributed by atoms with van der Waals surface area (Å²) in [6.07, 6.45) is 0.540. The van der Waals surface area contributed by atoms with E-state index in [9.17, 15) is 14.7 Å². The van der Waals surface area contributed by atoms with Crippen LogP contribution in [0.15, 0.2) is 48.5 Å². The average molecular weight is 467 g/mol. The van der Waals surface area contributed by atoms with E-state index in [0.29, 0.717) is 32.4 Å². The van der Waals surface area contributed by atoms with Crippen molar-refractivity contribution in [2.45, 2.75) is 57.2 Å². The Hall–Kier alpha value is -3.06. The molecule has 2 aliphatic rings. The van der Waals surface area contributed by atoms with Crippen LogP contribution in [0.4, 0.5) is 9.59 Å². The number of carbonyl (C=O) groups is 2. The van der Waals surface area contributed by atoms with Crippen LogP contribution in [-0.4, -0.2) is 59.6 Å². The molecule has 34 heavy (non-hydrogen) atoms. The smallest absolute Gasteiger partial charge is 0.410 e. The Morgan fingerprint density at radius 1 is 1.03 bits per heavy atom. The summed E-state index contributed by atoms with van der Waals surface area (Å²) in [7, 11) is 0. The molecule has 1 heterocycles. The second kappa shape index (κ2) is 9.66. The van der Waals surface area contributed by atoms with Gasteiger partial charge in [0.2, 0.25) is 0 Å². The minimum atomic E-state index is -1.09. The quantitative estimate of drug-likeness (QED) is 0.683. The number of amides is 2. The van der Waals surface area contributed by atoms with E-state index in [0.717, 1.165) is 11.1 Å². The number of hydrogen-bond acceptors (Lipinski definition) is 5. The standard InChI is InChI=1S/C27H34N2O5/c1-26(2,3)34-25(31)29-15-8-13-27(32,14-16-29)18-28-24(30)33-17-23-21-11-6-4-9-19(21)20-10-5-7-12-22(20)23/h4-7,9-12,23,32H,8,13-18H2,1-3H3,(H,28,30). The van der Waals surface area contributed by atoms with Crippen LogP contribution in [0.5, 0.6) is 0 Å². The van der Waals surface area contributed by atoms with Gasteiger partial charge in [0, 0.05) is 25.6 Å². The van der Waals surface area contributed by atoms with Crippen molar-refractivity contribution in [3.05, 3.63) is 59.7 Å². The van der Waals surface area contributed by atoms with Crippen molar-refractivity contribution in [3.8, 4) is 11.1 Å². The molecule has 2 amide bonds. The number of alkyl carbamates (subject to hydrolysis) is 1. The molecule has 0 aromatic heterocycles. The molecule has 1 fully saturated rings. The van der Waals surface area contributed by atoms with Crippen molar-refractivity contribution in [1.29, 1.82) is 0 Å². The summed E-state index contributed by atoms with van der Waals surface area (Å²) in [6, 6.07) is 16.4. The minimum Gasteiger partial charge on any atom is -0.449 e. The SMILES string of the molecule is CC(C)(C)OC(=O)N1CCCC(O)(CNC(=O)OCC2c3ccccc3-c3ccccc32)CC1. The highest BCUT2D eigenvalue weighted by molar-refractivity contribution is 5.79. The van der Waals surface area contributed by atoms with Crippen LogP contribution < -0.4 is 5.32 Å². The van der Waals surface area contributed by atoms with Crippen LogP contribution in [0.1, 0.15) is 57.1 Å². The lowest BCUT2D eigenvalue weighted by molar-refractivity contribution is 0.0148. The Bertz CT molecular complexity index is 1000. The Balaban J connectivity index is 1.29. The summed E-state index contributed by atoms with van der Waals surface area (Å²) >= 11 is 0. The first-order valence-corrected chi connectivity index (χ1v) is 11.9. The van der Waals surface area contributed by atoms with Gasteiger partial charge >= 0.3 is 12.2 Å². The van der Waals surface area contributed by atoms with E-state index in [4.69, 9.17) is 9.47 Å². The highest BCUT2D eigenvalue weighted by Gasteiger charge is 2.34. The van der Waals surface area contributed by atoms with E-state index in [2.05, 4.69) is 29.6 Å². The molecule has 1 atom stereocenters. The average Bonchev–Trinajstić information content (AvgIpc) is 2.97. The summed E-state index contributed by atoms with van der Waals surface area (Å²) in [5.74, 6) is -0.0125. The molecule has 2 aromatic rings. The molecule has 0 radical (unpaired) electrons. The van der Waals surface area contributed by atoms with Gasteiger partial charge in [-0.25, -0.2) is 9.59 Å². The Morgan fingerprint density at radius 2 is 1.65 bits per heavy atom. The molecule has 0 bridgehead atoms.